The van der Waals surface area contributed by atoms with Crippen LogP contribution in [0.25, 0.3) is 0 Å². The van der Waals surface area contributed by atoms with Gasteiger partial charge in [0.1, 0.15) is 5.75 Å². The highest BCUT2D eigenvalue weighted by Gasteiger charge is 2.09. The molecule has 0 aliphatic rings. The summed E-state index contributed by atoms with van der Waals surface area (Å²) in [6, 6.07) is 1.23. The van der Waals surface area contributed by atoms with Crippen molar-refractivity contribution in [2.45, 2.75) is 19.4 Å². The van der Waals surface area contributed by atoms with Crippen molar-refractivity contribution in [2.75, 3.05) is 6.61 Å². The van der Waals surface area contributed by atoms with Crippen LogP contribution < -0.4 is 5.32 Å². The molecule has 0 fully saturated rings. The van der Waals surface area contributed by atoms with Crippen LogP contribution in [0.15, 0.2) is 18.5 Å². The topological polar surface area (TPSA) is 82.5 Å². The van der Waals surface area contributed by atoms with Crippen LogP contribution in [0.3, 0.4) is 0 Å². The molecule has 0 bridgehead atoms. The van der Waals surface area contributed by atoms with E-state index in [0.717, 1.165) is 0 Å². The summed E-state index contributed by atoms with van der Waals surface area (Å²) in [6.45, 7) is 1.82. The predicted octanol–water partition coefficient (Wildman–Crippen LogP) is 0.288. The molecule has 1 rings (SSSR count). The van der Waals surface area contributed by atoms with Crippen LogP contribution in [0, 0.1) is 0 Å². The summed E-state index contributed by atoms with van der Waals surface area (Å²) in [4.78, 5) is 15.2. The second-order valence-corrected chi connectivity index (χ2v) is 3.32. The van der Waals surface area contributed by atoms with Gasteiger partial charge in [-0.05, 0) is 19.4 Å². The van der Waals surface area contributed by atoms with Crippen LogP contribution in [-0.4, -0.2) is 33.8 Å². The Hall–Kier alpha value is -1.62. The minimum atomic E-state index is -0.306. The van der Waals surface area contributed by atoms with E-state index in [1.54, 1.807) is 6.92 Å². The van der Waals surface area contributed by atoms with Crippen molar-refractivity contribution in [3.05, 3.63) is 24.0 Å². The average Bonchev–Trinajstić information content (AvgIpc) is 2.18. The van der Waals surface area contributed by atoms with Crippen LogP contribution in [0.5, 0.6) is 5.75 Å². The Bertz CT molecular complexity index is 341. The lowest BCUT2D eigenvalue weighted by Gasteiger charge is -2.11. The first-order chi connectivity index (χ1) is 7.13. The molecule has 1 unspecified atom stereocenters. The van der Waals surface area contributed by atoms with Crippen LogP contribution in [0.1, 0.15) is 23.7 Å². The molecule has 1 aromatic rings. The minimum absolute atomic E-state index is 0.0275. The fourth-order valence-corrected chi connectivity index (χ4v) is 1.12. The van der Waals surface area contributed by atoms with E-state index in [1.807, 2.05) is 0 Å². The fraction of sp³-hybridized carbons (Fsp3) is 0.400. The maximum Gasteiger partial charge on any atom is 0.253 e. The Labute approximate surface area is 87.8 Å². The molecular weight excluding hydrogens is 196 g/mol. The summed E-state index contributed by atoms with van der Waals surface area (Å²) < 4.78 is 0. The molecular formula is C10H14N2O3. The quantitative estimate of drug-likeness (QED) is 0.667. The number of aromatic hydroxyl groups is 1. The van der Waals surface area contributed by atoms with Gasteiger partial charge in [-0.2, -0.15) is 0 Å². The zero-order valence-electron chi connectivity index (χ0n) is 8.47. The molecule has 0 aliphatic heterocycles. The number of aliphatic hydroxyl groups excluding tert-OH is 1. The standard InChI is InChI=1S/C10H14N2O3/c1-7(2-3-13)12-10(15)8-4-9(14)6-11-5-8/h4-7,13-14H,2-3H2,1H3,(H,12,15). The van der Waals surface area contributed by atoms with Gasteiger partial charge >= 0.3 is 0 Å². The molecule has 0 spiro atoms. The first kappa shape index (κ1) is 11.5. The van der Waals surface area contributed by atoms with Gasteiger partial charge in [0.2, 0.25) is 0 Å². The van der Waals surface area contributed by atoms with Crippen LogP contribution in [-0.2, 0) is 0 Å². The smallest absolute Gasteiger partial charge is 0.253 e. The van der Waals surface area contributed by atoms with Crippen LogP contribution in [0.4, 0.5) is 0 Å². The van der Waals surface area contributed by atoms with Gasteiger partial charge in [-0.3, -0.25) is 9.78 Å². The molecule has 82 valence electrons. The normalized spacial score (nSPS) is 12.1. The van der Waals surface area contributed by atoms with Gasteiger partial charge in [0.15, 0.2) is 0 Å². The number of amides is 1. The summed E-state index contributed by atoms with van der Waals surface area (Å²) in [5.74, 6) is -0.350. The third-order valence-corrected chi connectivity index (χ3v) is 1.93. The van der Waals surface area contributed by atoms with Gasteiger partial charge in [0, 0.05) is 18.8 Å². The maximum atomic E-state index is 11.5. The van der Waals surface area contributed by atoms with E-state index in [0.29, 0.717) is 12.0 Å². The highest BCUT2D eigenvalue weighted by atomic mass is 16.3. The monoisotopic (exact) mass is 210 g/mol. The molecule has 15 heavy (non-hydrogen) atoms. The number of aromatic nitrogens is 1. The third-order valence-electron chi connectivity index (χ3n) is 1.93. The number of carbonyl (C=O) groups is 1. The first-order valence-corrected chi connectivity index (χ1v) is 4.69. The van der Waals surface area contributed by atoms with Crippen molar-refractivity contribution in [1.82, 2.24) is 10.3 Å². The van der Waals surface area contributed by atoms with Crippen LogP contribution >= 0.6 is 0 Å². The maximum absolute atomic E-state index is 11.5. The van der Waals surface area contributed by atoms with Gasteiger partial charge in [-0.1, -0.05) is 0 Å². The molecule has 5 heteroatoms. The average molecular weight is 210 g/mol. The van der Waals surface area contributed by atoms with Crippen molar-refractivity contribution in [3.63, 3.8) is 0 Å². The number of nitrogens with zero attached hydrogens (tertiary/aromatic N) is 1. The zero-order valence-corrected chi connectivity index (χ0v) is 8.47. The number of pyridine rings is 1. The summed E-state index contributed by atoms with van der Waals surface area (Å²) in [7, 11) is 0. The summed E-state index contributed by atoms with van der Waals surface area (Å²) in [5, 5.41) is 20.5. The number of aliphatic hydroxyl groups is 1. The SMILES string of the molecule is CC(CCO)NC(=O)c1cncc(O)c1. The number of hydrogen-bond donors (Lipinski definition) is 3. The Kier molecular flexibility index (Phi) is 4.05. The largest absolute Gasteiger partial charge is 0.506 e. The van der Waals surface area contributed by atoms with E-state index in [4.69, 9.17) is 10.2 Å². The summed E-state index contributed by atoms with van der Waals surface area (Å²) in [5.41, 5.74) is 0.305. The van der Waals surface area contributed by atoms with E-state index in [1.165, 1.54) is 18.5 Å². The molecule has 3 N–H and O–H groups in total. The van der Waals surface area contributed by atoms with Crippen molar-refractivity contribution in [1.29, 1.82) is 0 Å². The molecule has 1 aromatic heterocycles. The molecule has 0 aliphatic carbocycles. The second-order valence-electron chi connectivity index (χ2n) is 3.32. The lowest BCUT2D eigenvalue weighted by Crippen LogP contribution is -2.33. The zero-order chi connectivity index (χ0) is 11.3. The van der Waals surface area contributed by atoms with Gasteiger partial charge in [0.25, 0.3) is 5.91 Å². The number of nitrogens with one attached hydrogen (secondary N) is 1. The Morgan fingerprint density at radius 3 is 2.93 bits per heavy atom. The molecule has 0 saturated heterocycles. The predicted molar refractivity (Wildman–Crippen MR) is 54.5 cm³/mol. The van der Waals surface area contributed by atoms with Crippen molar-refractivity contribution < 1.29 is 15.0 Å². The van der Waals surface area contributed by atoms with Gasteiger partial charge < -0.3 is 15.5 Å². The number of carbonyl (C=O) groups excluding carboxylic acids is 1. The molecule has 1 heterocycles. The fourth-order valence-electron chi connectivity index (χ4n) is 1.12. The van der Waals surface area contributed by atoms with Gasteiger partial charge in [0.05, 0.1) is 11.8 Å². The van der Waals surface area contributed by atoms with Gasteiger partial charge in [-0.25, -0.2) is 0 Å². The van der Waals surface area contributed by atoms with Crippen molar-refractivity contribution in [2.24, 2.45) is 0 Å². The van der Waals surface area contributed by atoms with Crippen LogP contribution in [0.2, 0.25) is 0 Å². The first-order valence-electron chi connectivity index (χ1n) is 4.69. The summed E-state index contributed by atoms with van der Waals surface area (Å²) >= 11 is 0. The van der Waals surface area contributed by atoms with Crippen molar-refractivity contribution in [3.8, 4) is 5.75 Å². The lowest BCUT2D eigenvalue weighted by molar-refractivity contribution is 0.0933. The molecule has 0 aromatic carbocycles. The highest BCUT2D eigenvalue weighted by Crippen LogP contribution is 2.08. The highest BCUT2D eigenvalue weighted by molar-refractivity contribution is 5.94. The molecule has 1 atom stereocenters. The summed E-state index contributed by atoms with van der Waals surface area (Å²) in [6.07, 6.45) is 3.13. The molecule has 0 radical (unpaired) electrons. The Morgan fingerprint density at radius 2 is 2.33 bits per heavy atom. The van der Waals surface area contributed by atoms with E-state index in [2.05, 4.69) is 10.3 Å². The number of rotatable bonds is 4. The van der Waals surface area contributed by atoms with Gasteiger partial charge in [-0.15, -0.1) is 0 Å². The van der Waals surface area contributed by atoms with E-state index < -0.39 is 0 Å². The lowest BCUT2D eigenvalue weighted by atomic mass is 10.2. The van der Waals surface area contributed by atoms with E-state index in [9.17, 15) is 4.79 Å². The third kappa shape index (κ3) is 3.55. The van der Waals surface area contributed by atoms with E-state index in [-0.39, 0.29) is 24.3 Å². The van der Waals surface area contributed by atoms with Crippen molar-refractivity contribution >= 4 is 5.91 Å². The second kappa shape index (κ2) is 5.31. The number of hydrogen-bond acceptors (Lipinski definition) is 4. The molecule has 1 amide bonds. The van der Waals surface area contributed by atoms with E-state index >= 15 is 0 Å². The Morgan fingerprint density at radius 1 is 1.60 bits per heavy atom. The minimum Gasteiger partial charge on any atom is -0.506 e. The molecule has 5 nitrogen and oxygen atoms in total. The Balaban J connectivity index is 2.61. The molecule has 0 saturated carbocycles.